The lowest BCUT2D eigenvalue weighted by Crippen LogP contribution is -2.58. The maximum absolute atomic E-state index is 5.90. The summed E-state index contributed by atoms with van der Waals surface area (Å²) in [7, 11) is 6.38. The zero-order valence-corrected chi connectivity index (χ0v) is 21.6. The van der Waals surface area contributed by atoms with E-state index in [2.05, 4.69) is 107 Å². The minimum absolute atomic E-state index is 0.490. The molecule has 3 aliphatic rings. The normalized spacial score (nSPS) is 22.4. The first-order valence-corrected chi connectivity index (χ1v) is 12.6. The molecular weight excluding hydrogens is 438 g/mol. The second-order valence-electron chi connectivity index (χ2n) is 10.1. The Hall–Kier alpha value is -2.94. The molecule has 8 nitrogen and oxygen atoms in total. The SMILES string of the molecule is CC1CN(N2CN3C(=N2)C=Nc2ccc(-c4ccc(OCCCN(C)C)cc4)cc23)CC(C)N1C. The summed E-state index contributed by atoms with van der Waals surface area (Å²) in [6.45, 7) is 8.97. The van der Waals surface area contributed by atoms with Gasteiger partial charge in [-0.05, 0) is 76.8 Å². The van der Waals surface area contributed by atoms with Crippen molar-refractivity contribution in [3.05, 3.63) is 42.5 Å². The monoisotopic (exact) mass is 475 g/mol. The van der Waals surface area contributed by atoms with Crippen molar-refractivity contribution in [3.63, 3.8) is 0 Å². The van der Waals surface area contributed by atoms with Gasteiger partial charge in [0.15, 0.2) is 5.84 Å². The summed E-state index contributed by atoms with van der Waals surface area (Å²) >= 11 is 0. The van der Waals surface area contributed by atoms with E-state index < -0.39 is 0 Å². The fourth-order valence-electron chi connectivity index (χ4n) is 4.89. The molecule has 0 radical (unpaired) electrons. The van der Waals surface area contributed by atoms with Crippen molar-refractivity contribution in [2.24, 2.45) is 10.1 Å². The first-order chi connectivity index (χ1) is 16.9. The summed E-state index contributed by atoms with van der Waals surface area (Å²) in [6, 6.07) is 15.8. The lowest BCUT2D eigenvalue weighted by Gasteiger charge is -2.44. The summed E-state index contributed by atoms with van der Waals surface area (Å²) in [5.41, 5.74) is 4.42. The van der Waals surface area contributed by atoms with Crippen molar-refractivity contribution in [3.8, 4) is 16.9 Å². The molecule has 0 bridgehead atoms. The molecule has 8 heteroatoms. The van der Waals surface area contributed by atoms with Crippen molar-refractivity contribution in [1.82, 2.24) is 19.9 Å². The third-order valence-corrected chi connectivity index (χ3v) is 7.22. The predicted octanol–water partition coefficient (Wildman–Crippen LogP) is 3.73. The van der Waals surface area contributed by atoms with E-state index in [-0.39, 0.29) is 0 Å². The number of hydrazine groups is 1. The number of ether oxygens (including phenoxy) is 1. The standard InChI is InChI=1S/C27H37N7O/c1-20-17-32(18-21(2)31(20)5)34-19-33-26-15-23(9-12-25(26)28-16-27(33)29-34)22-7-10-24(11-8-22)35-14-6-13-30(3)4/h7-12,15-16,20-21H,6,13-14,17-19H2,1-5H3. The largest absolute Gasteiger partial charge is 0.494 e. The Morgan fingerprint density at radius 3 is 2.43 bits per heavy atom. The number of amidine groups is 1. The molecule has 5 rings (SSSR count). The highest BCUT2D eigenvalue weighted by molar-refractivity contribution is 6.38. The number of piperazine rings is 1. The topological polar surface area (TPSA) is 50.2 Å². The van der Waals surface area contributed by atoms with Gasteiger partial charge in [0, 0.05) is 31.7 Å². The number of rotatable bonds is 7. The fraction of sp³-hybridized carbons (Fsp3) is 0.481. The minimum atomic E-state index is 0.490. The van der Waals surface area contributed by atoms with Gasteiger partial charge < -0.3 is 9.64 Å². The van der Waals surface area contributed by atoms with Crippen LogP contribution in [0.25, 0.3) is 11.1 Å². The van der Waals surface area contributed by atoms with Crippen molar-refractivity contribution in [2.45, 2.75) is 32.4 Å². The van der Waals surface area contributed by atoms with Gasteiger partial charge in [-0.2, -0.15) is 5.01 Å². The number of nitrogens with zero attached hydrogens (tertiary/aromatic N) is 7. The lowest BCUT2D eigenvalue weighted by molar-refractivity contribution is -0.0795. The molecule has 0 N–H and O–H groups in total. The van der Waals surface area contributed by atoms with Crippen LogP contribution in [0, 0.1) is 0 Å². The van der Waals surface area contributed by atoms with Gasteiger partial charge in [0.25, 0.3) is 0 Å². The van der Waals surface area contributed by atoms with E-state index in [4.69, 9.17) is 9.84 Å². The van der Waals surface area contributed by atoms with Crippen molar-refractivity contribution < 1.29 is 4.74 Å². The van der Waals surface area contributed by atoms with E-state index in [1.54, 1.807) is 0 Å². The second kappa shape index (κ2) is 9.97. The molecular formula is C27H37N7O. The van der Waals surface area contributed by atoms with Crippen molar-refractivity contribution in [1.29, 1.82) is 0 Å². The molecule has 1 saturated heterocycles. The Morgan fingerprint density at radius 2 is 1.71 bits per heavy atom. The fourth-order valence-corrected chi connectivity index (χ4v) is 4.89. The number of likely N-dealkylation sites (N-methyl/N-ethyl adjacent to an activating group) is 1. The van der Waals surface area contributed by atoms with Crippen LogP contribution >= 0.6 is 0 Å². The Morgan fingerprint density at radius 1 is 1.00 bits per heavy atom. The minimum Gasteiger partial charge on any atom is -0.494 e. The molecule has 2 unspecified atom stereocenters. The van der Waals surface area contributed by atoms with Crippen LogP contribution in [0.1, 0.15) is 20.3 Å². The second-order valence-corrected chi connectivity index (χ2v) is 10.1. The first kappa shape index (κ1) is 23.8. The summed E-state index contributed by atoms with van der Waals surface area (Å²) < 4.78 is 5.90. The van der Waals surface area contributed by atoms with Crippen molar-refractivity contribution in [2.75, 3.05) is 59.0 Å². The molecule has 3 heterocycles. The molecule has 0 amide bonds. The van der Waals surface area contributed by atoms with Gasteiger partial charge in [0.2, 0.25) is 0 Å². The van der Waals surface area contributed by atoms with Crippen LogP contribution in [0.5, 0.6) is 5.75 Å². The average Bonchev–Trinajstić information content (AvgIpc) is 3.30. The predicted molar refractivity (Wildman–Crippen MR) is 144 cm³/mol. The molecule has 35 heavy (non-hydrogen) atoms. The van der Waals surface area contributed by atoms with Crippen LogP contribution in [0.15, 0.2) is 52.6 Å². The summed E-state index contributed by atoms with van der Waals surface area (Å²) in [4.78, 5) is 11.6. The number of hydrazone groups is 1. The van der Waals surface area contributed by atoms with Gasteiger partial charge in [-0.3, -0.25) is 14.8 Å². The molecule has 1 fully saturated rings. The summed E-state index contributed by atoms with van der Waals surface area (Å²) in [6.07, 6.45) is 2.90. The molecule has 0 aromatic heterocycles. The van der Waals surface area contributed by atoms with E-state index in [1.807, 2.05) is 6.21 Å². The van der Waals surface area contributed by atoms with Gasteiger partial charge in [0.1, 0.15) is 12.4 Å². The van der Waals surface area contributed by atoms with E-state index in [0.717, 1.165) is 55.6 Å². The maximum Gasteiger partial charge on any atom is 0.174 e. The summed E-state index contributed by atoms with van der Waals surface area (Å²) in [5.74, 6) is 1.81. The van der Waals surface area contributed by atoms with Gasteiger partial charge in [0.05, 0.1) is 24.2 Å². The van der Waals surface area contributed by atoms with E-state index in [9.17, 15) is 0 Å². The molecule has 2 atom stereocenters. The number of hydrogen-bond donors (Lipinski definition) is 0. The van der Waals surface area contributed by atoms with Crippen LogP contribution in [-0.2, 0) is 0 Å². The highest BCUT2D eigenvalue weighted by Gasteiger charge is 2.35. The third-order valence-electron chi connectivity index (χ3n) is 7.22. The Kier molecular flexibility index (Phi) is 6.77. The number of anilines is 1. The van der Waals surface area contributed by atoms with Crippen molar-refractivity contribution >= 4 is 23.4 Å². The molecule has 2 aromatic carbocycles. The quantitative estimate of drug-likeness (QED) is 0.569. The molecule has 0 saturated carbocycles. The van der Waals surface area contributed by atoms with Crippen LogP contribution < -0.4 is 9.64 Å². The Balaban J connectivity index is 1.29. The molecule has 0 aliphatic carbocycles. The van der Waals surface area contributed by atoms with Crippen LogP contribution in [0.3, 0.4) is 0 Å². The average molecular weight is 476 g/mol. The number of aliphatic imine (C=N–C) groups is 1. The smallest absolute Gasteiger partial charge is 0.174 e. The third kappa shape index (κ3) is 5.05. The number of fused-ring (bicyclic) bond motifs is 3. The van der Waals surface area contributed by atoms with E-state index >= 15 is 0 Å². The van der Waals surface area contributed by atoms with Crippen LogP contribution in [0.4, 0.5) is 11.4 Å². The molecule has 3 aliphatic heterocycles. The first-order valence-electron chi connectivity index (χ1n) is 12.6. The zero-order chi connectivity index (χ0) is 24.5. The lowest BCUT2D eigenvalue weighted by atomic mass is 10.0. The highest BCUT2D eigenvalue weighted by atomic mass is 16.5. The number of benzene rings is 2. The van der Waals surface area contributed by atoms with E-state index in [1.165, 1.54) is 11.1 Å². The van der Waals surface area contributed by atoms with Gasteiger partial charge >= 0.3 is 0 Å². The molecule has 186 valence electrons. The Labute approximate surface area is 209 Å². The summed E-state index contributed by atoms with van der Waals surface area (Å²) in [5, 5.41) is 9.39. The molecule has 0 spiro atoms. The highest BCUT2D eigenvalue weighted by Crippen LogP contribution is 2.38. The molecule has 2 aromatic rings. The Bertz CT molecular complexity index is 1090. The maximum atomic E-state index is 5.90. The zero-order valence-electron chi connectivity index (χ0n) is 21.6. The van der Waals surface area contributed by atoms with E-state index in [0.29, 0.717) is 18.8 Å². The van der Waals surface area contributed by atoms with Gasteiger partial charge in [-0.15, -0.1) is 5.10 Å². The van der Waals surface area contributed by atoms with Crippen LogP contribution in [-0.4, -0.2) is 98.1 Å². The van der Waals surface area contributed by atoms with Crippen LogP contribution in [0.2, 0.25) is 0 Å². The van der Waals surface area contributed by atoms with Gasteiger partial charge in [-0.1, -0.05) is 18.2 Å². The van der Waals surface area contributed by atoms with Gasteiger partial charge in [-0.25, -0.2) is 5.12 Å². The number of hydrogen-bond acceptors (Lipinski definition) is 8.